The number of benzene rings is 1. The lowest BCUT2D eigenvalue weighted by Gasteiger charge is -2.13. The molecule has 0 unspecified atom stereocenters. The highest BCUT2D eigenvalue weighted by Gasteiger charge is 2.16. The number of rotatable bonds is 3. The van der Waals surface area contributed by atoms with Crippen molar-refractivity contribution >= 4 is 17.7 Å². The minimum absolute atomic E-state index is 0.177. The van der Waals surface area contributed by atoms with Crippen LogP contribution in [-0.4, -0.2) is 28.0 Å². The van der Waals surface area contributed by atoms with Gasteiger partial charge in [-0.2, -0.15) is 0 Å². The first-order valence-corrected chi connectivity index (χ1v) is 7.54. The Balaban J connectivity index is 2.15. The van der Waals surface area contributed by atoms with Crippen molar-refractivity contribution in [2.24, 2.45) is 0 Å². The Morgan fingerprint density at radius 1 is 1.00 bits per heavy atom. The largest absolute Gasteiger partial charge is 0.465 e. The van der Waals surface area contributed by atoms with E-state index >= 15 is 0 Å². The van der Waals surface area contributed by atoms with E-state index in [1.165, 1.54) is 7.11 Å². The van der Waals surface area contributed by atoms with Gasteiger partial charge in [0.2, 0.25) is 5.95 Å². The lowest BCUT2D eigenvalue weighted by molar-refractivity contribution is 0.0601. The summed E-state index contributed by atoms with van der Waals surface area (Å²) in [6, 6.07) is 10.5. The number of carbonyl (C=O) groups is 1. The van der Waals surface area contributed by atoms with Crippen molar-refractivity contribution in [2.45, 2.75) is 6.92 Å². The maximum absolute atomic E-state index is 11.6. The average Bonchev–Trinajstić information content (AvgIpc) is 2.61. The van der Waals surface area contributed by atoms with Gasteiger partial charge in [-0.1, -0.05) is 12.1 Å². The molecule has 0 amide bonds. The summed E-state index contributed by atoms with van der Waals surface area (Å²) in [4.78, 5) is 24.4. The van der Waals surface area contributed by atoms with Crippen LogP contribution in [0.15, 0.2) is 42.6 Å². The summed E-state index contributed by atoms with van der Waals surface area (Å²) >= 11 is 0. The first-order valence-electron chi connectivity index (χ1n) is 7.54. The van der Waals surface area contributed by atoms with E-state index in [4.69, 9.17) is 16.2 Å². The molecule has 7 heteroatoms. The van der Waals surface area contributed by atoms with Gasteiger partial charge in [-0.3, -0.25) is 0 Å². The molecule has 4 N–H and O–H groups in total. The zero-order valence-corrected chi connectivity index (χ0v) is 13.9. The van der Waals surface area contributed by atoms with Gasteiger partial charge in [0.15, 0.2) is 0 Å². The number of esters is 1. The maximum Gasteiger partial charge on any atom is 0.337 e. The summed E-state index contributed by atoms with van der Waals surface area (Å²) in [6.07, 6.45) is 1.67. The first-order chi connectivity index (χ1) is 12.0. The number of nitrogen functional groups attached to an aromatic ring is 2. The van der Waals surface area contributed by atoms with Gasteiger partial charge in [-0.15, -0.1) is 0 Å². The van der Waals surface area contributed by atoms with Crippen LogP contribution in [0.3, 0.4) is 0 Å². The molecule has 0 aliphatic rings. The Hall–Kier alpha value is -3.48. The molecule has 0 spiro atoms. The van der Waals surface area contributed by atoms with E-state index in [9.17, 15) is 4.79 Å². The summed E-state index contributed by atoms with van der Waals surface area (Å²) in [7, 11) is 1.34. The Kier molecular flexibility index (Phi) is 4.30. The van der Waals surface area contributed by atoms with Crippen LogP contribution in [0.2, 0.25) is 0 Å². The highest BCUT2D eigenvalue weighted by molar-refractivity contribution is 5.90. The lowest BCUT2D eigenvalue weighted by atomic mass is 9.98. The molecule has 25 heavy (non-hydrogen) atoms. The minimum atomic E-state index is -0.395. The third-order valence-electron chi connectivity index (χ3n) is 3.76. The highest BCUT2D eigenvalue weighted by Crippen LogP contribution is 2.33. The third-order valence-corrected chi connectivity index (χ3v) is 3.76. The number of carbonyl (C=O) groups excluding carboxylic acids is 1. The van der Waals surface area contributed by atoms with Crippen LogP contribution in [0.4, 0.5) is 11.8 Å². The summed E-state index contributed by atoms with van der Waals surface area (Å²) in [5.41, 5.74) is 15.8. The Morgan fingerprint density at radius 3 is 2.28 bits per heavy atom. The zero-order chi connectivity index (χ0) is 18.0. The predicted molar refractivity (Wildman–Crippen MR) is 95.6 cm³/mol. The van der Waals surface area contributed by atoms with E-state index in [2.05, 4.69) is 15.0 Å². The van der Waals surface area contributed by atoms with Crippen LogP contribution in [0.25, 0.3) is 22.4 Å². The van der Waals surface area contributed by atoms with Gasteiger partial charge < -0.3 is 16.2 Å². The fourth-order valence-electron chi connectivity index (χ4n) is 2.58. The predicted octanol–water partition coefficient (Wildman–Crippen LogP) is 2.47. The first kappa shape index (κ1) is 16.4. The monoisotopic (exact) mass is 335 g/mol. The van der Waals surface area contributed by atoms with Crippen molar-refractivity contribution in [1.82, 2.24) is 15.0 Å². The third kappa shape index (κ3) is 3.25. The van der Waals surface area contributed by atoms with Crippen LogP contribution in [0.5, 0.6) is 0 Å². The highest BCUT2D eigenvalue weighted by atomic mass is 16.5. The van der Waals surface area contributed by atoms with Gasteiger partial charge in [0.25, 0.3) is 0 Å². The number of hydrogen-bond acceptors (Lipinski definition) is 7. The topological polar surface area (TPSA) is 117 Å². The van der Waals surface area contributed by atoms with Gasteiger partial charge in [-0.05, 0) is 31.2 Å². The molecule has 1 aromatic carbocycles. The quantitative estimate of drug-likeness (QED) is 0.706. The van der Waals surface area contributed by atoms with Gasteiger partial charge in [0, 0.05) is 22.9 Å². The van der Waals surface area contributed by atoms with Crippen molar-refractivity contribution in [3.05, 3.63) is 53.9 Å². The molecule has 0 radical (unpaired) electrons. The van der Waals surface area contributed by atoms with Crippen molar-refractivity contribution in [2.75, 3.05) is 18.6 Å². The van der Waals surface area contributed by atoms with Crippen LogP contribution < -0.4 is 11.5 Å². The lowest BCUT2D eigenvalue weighted by Crippen LogP contribution is -2.04. The number of aryl methyl sites for hydroxylation is 1. The molecule has 0 bridgehead atoms. The summed E-state index contributed by atoms with van der Waals surface area (Å²) in [5, 5.41) is 0. The van der Waals surface area contributed by atoms with Crippen molar-refractivity contribution in [3.8, 4) is 22.4 Å². The average molecular weight is 335 g/mol. The van der Waals surface area contributed by atoms with Gasteiger partial charge >= 0.3 is 5.97 Å². The second-order valence-corrected chi connectivity index (χ2v) is 5.43. The molecule has 0 aliphatic carbocycles. The fraction of sp³-hybridized carbons (Fsp3) is 0.111. The standard InChI is InChI=1S/C18H17N5O2/c1-10-15(13-7-8-14(19)21-9-13)16(23-18(20)22-10)11-3-5-12(6-4-11)17(24)25-2/h3-9H,1-2H3,(H2,19,21)(H2,20,22,23). The van der Waals surface area contributed by atoms with E-state index in [0.29, 0.717) is 17.1 Å². The van der Waals surface area contributed by atoms with E-state index in [0.717, 1.165) is 22.4 Å². The molecular weight excluding hydrogens is 318 g/mol. The molecule has 3 rings (SSSR count). The molecule has 2 aromatic heterocycles. The van der Waals surface area contributed by atoms with Gasteiger partial charge in [-0.25, -0.2) is 19.7 Å². The molecule has 7 nitrogen and oxygen atoms in total. The molecule has 0 atom stereocenters. The van der Waals surface area contributed by atoms with Crippen LogP contribution >= 0.6 is 0 Å². The molecular formula is C18H17N5O2. The van der Waals surface area contributed by atoms with Crippen molar-refractivity contribution < 1.29 is 9.53 Å². The summed E-state index contributed by atoms with van der Waals surface area (Å²) in [5.74, 6) is 0.214. The molecule has 0 saturated carbocycles. The van der Waals surface area contributed by atoms with Gasteiger partial charge in [0.1, 0.15) is 5.82 Å². The number of ether oxygens (including phenoxy) is 1. The van der Waals surface area contributed by atoms with Crippen molar-refractivity contribution in [1.29, 1.82) is 0 Å². The molecule has 0 aliphatic heterocycles. The fourth-order valence-corrected chi connectivity index (χ4v) is 2.58. The molecule has 0 fully saturated rings. The molecule has 0 saturated heterocycles. The van der Waals surface area contributed by atoms with Crippen LogP contribution in [0, 0.1) is 6.92 Å². The number of nitrogens with zero attached hydrogens (tertiary/aromatic N) is 3. The second kappa shape index (κ2) is 6.56. The minimum Gasteiger partial charge on any atom is -0.465 e. The van der Waals surface area contributed by atoms with Crippen LogP contribution in [-0.2, 0) is 4.74 Å². The normalized spacial score (nSPS) is 10.5. The SMILES string of the molecule is COC(=O)c1ccc(-c2nc(N)nc(C)c2-c2ccc(N)nc2)cc1. The molecule has 3 aromatic rings. The van der Waals surface area contributed by atoms with Crippen molar-refractivity contribution in [3.63, 3.8) is 0 Å². The number of methoxy groups -OCH3 is 1. The number of aromatic nitrogens is 3. The smallest absolute Gasteiger partial charge is 0.337 e. The van der Waals surface area contributed by atoms with Gasteiger partial charge in [0.05, 0.1) is 24.1 Å². The Morgan fingerprint density at radius 2 is 1.68 bits per heavy atom. The number of hydrogen-bond donors (Lipinski definition) is 2. The number of nitrogens with two attached hydrogens (primary N) is 2. The zero-order valence-electron chi connectivity index (χ0n) is 13.9. The van der Waals surface area contributed by atoms with E-state index in [-0.39, 0.29) is 5.95 Å². The molecule has 2 heterocycles. The van der Waals surface area contributed by atoms with E-state index < -0.39 is 5.97 Å². The Labute approximate surface area is 144 Å². The Bertz CT molecular complexity index is 921. The number of pyridine rings is 1. The molecule has 126 valence electrons. The van der Waals surface area contributed by atoms with E-state index in [1.54, 1.807) is 36.5 Å². The van der Waals surface area contributed by atoms with E-state index in [1.807, 2.05) is 13.0 Å². The van der Waals surface area contributed by atoms with Crippen LogP contribution in [0.1, 0.15) is 16.1 Å². The second-order valence-electron chi connectivity index (χ2n) is 5.43. The maximum atomic E-state index is 11.6. The summed E-state index contributed by atoms with van der Waals surface area (Å²) < 4.78 is 4.72. The summed E-state index contributed by atoms with van der Waals surface area (Å²) in [6.45, 7) is 1.86. The number of anilines is 2.